The lowest BCUT2D eigenvalue weighted by Crippen LogP contribution is -2.46. The van der Waals surface area contributed by atoms with E-state index in [2.05, 4.69) is 37.2 Å². The van der Waals surface area contributed by atoms with Crippen LogP contribution in [0, 0.1) is 0 Å². The van der Waals surface area contributed by atoms with E-state index in [1.165, 1.54) is 4.90 Å². The number of halogens is 2. The van der Waals surface area contributed by atoms with Crippen LogP contribution >= 0.6 is 31.9 Å². The molecule has 2 aromatic rings. The summed E-state index contributed by atoms with van der Waals surface area (Å²) in [4.78, 5) is 25.9. The van der Waals surface area contributed by atoms with Crippen LogP contribution in [0.2, 0.25) is 0 Å². The maximum atomic E-state index is 12.5. The van der Waals surface area contributed by atoms with Crippen LogP contribution in [0.5, 0.6) is 0 Å². The molecule has 3 rings (SSSR count). The fourth-order valence-electron chi connectivity index (χ4n) is 2.66. The van der Waals surface area contributed by atoms with E-state index in [9.17, 15) is 14.7 Å². The number of carbonyl (C=O) groups excluding carboxylic acids is 2. The highest BCUT2D eigenvalue weighted by Gasteiger charge is 2.49. The number of anilines is 1. The third-order valence-electron chi connectivity index (χ3n) is 3.98. The summed E-state index contributed by atoms with van der Waals surface area (Å²) >= 11 is 6.68. The Morgan fingerprint density at radius 3 is 2.62 bits per heavy atom. The minimum atomic E-state index is -2.16. The molecule has 1 heterocycles. The lowest BCUT2D eigenvalue weighted by atomic mass is 10.2. The summed E-state index contributed by atoms with van der Waals surface area (Å²) in [5.74, 6) is -2.81. The van der Waals surface area contributed by atoms with E-state index in [4.69, 9.17) is 4.74 Å². The minimum absolute atomic E-state index is 0.00615. The Hall–Kier alpha value is -1.90. The summed E-state index contributed by atoms with van der Waals surface area (Å²) in [6.45, 7) is 0.481. The first-order chi connectivity index (χ1) is 12.4. The number of alkyl carbamates (subject to hydrolysis) is 1. The summed E-state index contributed by atoms with van der Waals surface area (Å²) in [6, 6.07) is 14.5. The second kappa shape index (κ2) is 7.77. The van der Waals surface area contributed by atoms with E-state index < -0.39 is 17.8 Å². The normalized spacial score (nSPS) is 19.5. The van der Waals surface area contributed by atoms with Gasteiger partial charge in [-0.3, -0.25) is 4.79 Å². The summed E-state index contributed by atoms with van der Waals surface area (Å²) in [5.41, 5.74) is 1.49. The molecule has 0 saturated carbocycles. The van der Waals surface area contributed by atoms with Gasteiger partial charge in [-0.05, 0) is 42.0 Å². The summed E-state index contributed by atoms with van der Waals surface area (Å²) < 4.78 is 6.80. The molecular weight excluding hydrogens is 468 g/mol. The highest BCUT2D eigenvalue weighted by atomic mass is 79.9. The molecule has 0 aromatic heterocycles. The number of amides is 2. The van der Waals surface area contributed by atoms with Crippen LogP contribution < -0.4 is 10.2 Å². The third-order valence-corrected chi connectivity index (χ3v) is 5.00. The molecule has 1 aliphatic heterocycles. The second-order valence-corrected chi connectivity index (χ2v) is 7.67. The van der Waals surface area contributed by atoms with Crippen molar-refractivity contribution in [1.29, 1.82) is 0 Å². The fraction of sp³-hybridized carbons (Fsp3) is 0.222. The average molecular weight is 484 g/mol. The molecule has 0 unspecified atom stereocenters. The van der Waals surface area contributed by atoms with Gasteiger partial charge in [0.15, 0.2) is 0 Å². The van der Waals surface area contributed by atoms with Gasteiger partial charge in [0, 0.05) is 34.1 Å². The Labute approximate surface area is 167 Å². The topological polar surface area (TPSA) is 78.9 Å². The zero-order chi connectivity index (χ0) is 18.7. The van der Waals surface area contributed by atoms with Crippen LogP contribution in [-0.2, 0) is 16.1 Å². The van der Waals surface area contributed by atoms with Crippen molar-refractivity contribution in [2.75, 3.05) is 11.4 Å². The molecule has 8 heteroatoms. The Morgan fingerprint density at radius 2 is 1.92 bits per heavy atom. The van der Waals surface area contributed by atoms with Crippen molar-refractivity contribution < 1.29 is 19.4 Å². The highest BCUT2D eigenvalue weighted by molar-refractivity contribution is 9.10. The van der Waals surface area contributed by atoms with Crippen LogP contribution in [0.3, 0.4) is 0 Å². The standard InChI is InChI=1S/C18H16Br2N2O4/c19-13-4-6-15(7-5-13)22-9-8-18(25,16(22)23)26-17(24)21-11-12-2-1-3-14(20)10-12/h1-7,10,25H,8-9,11H2,(H,21,24)/t18-/m0/s1. The Bertz CT molecular complexity index is 828. The summed E-state index contributed by atoms with van der Waals surface area (Å²) in [7, 11) is 0. The molecule has 1 saturated heterocycles. The number of hydrogen-bond acceptors (Lipinski definition) is 4. The van der Waals surface area contributed by atoms with Gasteiger partial charge in [-0.15, -0.1) is 0 Å². The Balaban J connectivity index is 1.60. The van der Waals surface area contributed by atoms with Crippen LogP contribution in [0.1, 0.15) is 12.0 Å². The number of hydrogen-bond donors (Lipinski definition) is 2. The molecule has 2 N–H and O–H groups in total. The molecular formula is C18H16Br2N2O4. The molecule has 1 fully saturated rings. The van der Waals surface area contributed by atoms with Gasteiger partial charge in [-0.2, -0.15) is 0 Å². The molecule has 6 nitrogen and oxygen atoms in total. The molecule has 2 aromatic carbocycles. The highest BCUT2D eigenvalue weighted by Crippen LogP contribution is 2.30. The third kappa shape index (κ3) is 4.25. The first-order valence-corrected chi connectivity index (χ1v) is 9.47. The molecule has 0 bridgehead atoms. The van der Waals surface area contributed by atoms with Crippen molar-refractivity contribution >= 4 is 49.5 Å². The first kappa shape index (κ1) is 18.9. The zero-order valence-corrected chi connectivity index (χ0v) is 16.8. The summed E-state index contributed by atoms with van der Waals surface area (Å²) in [5, 5.41) is 13.0. The van der Waals surface area contributed by atoms with Crippen molar-refractivity contribution in [1.82, 2.24) is 5.32 Å². The Kier molecular flexibility index (Phi) is 5.64. The number of aliphatic hydroxyl groups is 1. The molecule has 136 valence electrons. The maximum absolute atomic E-state index is 12.5. The van der Waals surface area contributed by atoms with E-state index in [-0.39, 0.29) is 19.5 Å². The van der Waals surface area contributed by atoms with Gasteiger partial charge >= 0.3 is 6.09 Å². The molecule has 0 radical (unpaired) electrons. The van der Waals surface area contributed by atoms with Crippen LogP contribution in [0.25, 0.3) is 0 Å². The van der Waals surface area contributed by atoms with Gasteiger partial charge in [0.05, 0.1) is 0 Å². The predicted octanol–water partition coefficient (Wildman–Crippen LogP) is 3.56. The lowest BCUT2D eigenvalue weighted by Gasteiger charge is -2.22. The SMILES string of the molecule is O=C(NCc1cccc(Br)c1)O[C@@]1(O)CCN(c2ccc(Br)cc2)C1=O. The molecule has 1 atom stereocenters. The number of ether oxygens (including phenoxy) is 1. The fourth-order valence-corrected chi connectivity index (χ4v) is 3.37. The van der Waals surface area contributed by atoms with E-state index in [1.54, 1.807) is 24.3 Å². The second-order valence-electron chi connectivity index (χ2n) is 5.84. The lowest BCUT2D eigenvalue weighted by molar-refractivity contribution is -0.175. The van der Waals surface area contributed by atoms with Gasteiger partial charge in [0.25, 0.3) is 11.7 Å². The van der Waals surface area contributed by atoms with E-state index in [0.717, 1.165) is 14.5 Å². The van der Waals surface area contributed by atoms with Crippen LogP contribution in [0.15, 0.2) is 57.5 Å². The average Bonchev–Trinajstić information content (AvgIpc) is 2.89. The van der Waals surface area contributed by atoms with E-state index >= 15 is 0 Å². The smallest absolute Gasteiger partial charge is 0.407 e. The minimum Gasteiger partial charge on any atom is -0.407 e. The number of nitrogens with one attached hydrogen (secondary N) is 1. The van der Waals surface area contributed by atoms with Crippen LogP contribution in [0.4, 0.5) is 10.5 Å². The van der Waals surface area contributed by atoms with Crippen molar-refractivity contribution in [3.05, 3.63) is 63.0 Å². The molecule has 1 aliphatic rings. The van der Waals surface area contributed by atoms with E-state index in [0.29, 0.717) is 5.69 Å². The largest absolute Gasteiger partial charge is 0.410 e. The number of benzene rings is 2. The van der Waals surface area contributed by atoms with Gasteiger partial charge in [0.2, 0.25) is 0 Å². The predicted molar refractivity (Wildman–Crippen MR) is 104 cm³/mol. The van der Waals surface area contributed by atoms with Crippen molar-refractivity contribution in [3.8, 4) is 0 Å². The number of rotatable bonds is 4. The quantitative estimate of drug-likeness (QED) is 0.651. The molecule has 2 amide bonds. The van der Waals surface area contributed by atoms with Gasteiger partial charge in [-0.1, -0.05) is 44.0 Å². The molecule has 0 aliphatic carbocycles. The molecule has 0 spiro atoms. The first-order valence-electron chi connectivity index (χ1n) is 7.88. The number of nitrogens with zero attached hydrogens (tertiary/aromatic N) is 1. The van der Waals surface area contributed by atoms with Gasteiger partial charge < -0.3 is 20.1 Å². The van der Waals surface area contributed by atoms with Crippen LogP contribution in [-0.4, -0.2) is 29.4 Å². The van der Waals surface area contributed by atoms with E-state index in [1.807, 2.05) is 24.3 Å². The monoisotopic (exact) mass is 482 g/mol. The molecule has 26 heavy (non-hydrogen) atoms. The Morgan fingerprint density at radius 1 is 1.19 bits per heavy atom. The maximum Gasteiger partial charge on any atom is 0.410 e. The van der Waals surface area contributed by atoms with Crippen molar-refractivity contribution in [2.45, 2.75) is 18.8 Å². The zero-order valence-electron chi connectivity index (χ0n) is 13.6. The van der Waals surface area contributed by atoms with Gasteiger partial charge in [0.1, 0.15) is 0 Å². The number of carbonyl (C=O) groups is 2. The van der Waals surface area contributed by atoms with Gasteiger partial charge in [-0.25, -0.2) is 4.79 Å². The van der Waals surface area contributed by atoms with Crippen molar-refractivity contribution in [2.24, 2.45) is 0 Å². The van der Waals surface area contributed by atoms with Crippen molar-refractivity contribution in [3.63, 3.8) is 0 Å². The summed E-state index contributed by atoms with van der Waals surface area (Å²) in [6.07, 6.45) is -0.842.